The summed E-state index contributed by atoms with van der Waals surface area (Å²) in [6.45, 7) is 4.85. The highest BCUT2D eigenvalue weighted by atomic mass is 16.5. The lowest BCUT2D eigenvalue weighted by atomic mass is 9.95. The number of ether oxygens (including phenoxy) is 1. The zero-order valence-electron chi connectivity index (χ0n) is 15.4. The van der Waals surface area contributed by atoms with Gasteiger partial charge in [-0.2, -0.15) is 4.98 Å². The Morgan fingerprint density at radius 1 is 1.11 bits per heavy atom. The van der Waals surface area contributed by atoms with Gasteiger partial charge in [0.1, 0.15) is 5.75 Å². The molecule has 1 aromatic heterocycles. The lowest BCUT2D eigenvalue weighted by Crippen LogP contribution is -2.28. The molecule has 1 aliphatic heterocycles. The van der Waals surface area contributed by atoms with Crippen molar-refractivity contribution in [2.75, 3.05) is 13.1 Å². The van der Waals surface area contributed by atoms with E-state index in [0.29, 0.717) is 24.2 Å². The SMILES string of the molecule is Cc1nc(COc2ccc(CN3C[C@@H](N)[C@H](c4ccccc4)C3)cc2)no1. The van der Waals surface area contributed by atoms with E-state index in [-0.39, 0.29) is 6.04 Å². The van der Waals surface area contributed by atoms with Gasteiger partial charge in [-0.05, 0) is 23.3 Å². The third kappa shape index (κ3) is 4.35. The fourth-order valence-electron chi connectivity index (χ4n) is 3.59. The van der Waals surface area contributed by atoms with Gasteiger partial charge < -0.3 is 15.0 Å². The maximum absolute atomic E-state index is 6.39. The zero-order valence-corrected chi connectivity index (χ0v) is 15.4. The van der Waals surface area contributed by atoms with Crippen molar-refractivity contribution in [2.24, 2.45) is 5.73 Å². The summed E-state index contributed by atoms with van der Waals surface area (Å²) in [4.78, 5) is 6.55. The summed E-state index contributed by atoms with van der Waals surface area (Å²) >= 11 is 0. The van der Waals surface area contributed by atoms with E-state index < -0.39 is 0 Å². The minimum Gasteiger partial charge on any atom is -0.485 e. The van der Waals surface area contributed by atoms with Gasteiger partial charge in [0.2, 0.25) is 11.7 Å². The molecule has 2 heterocycles. The van der Waals surface area contributed by atoms with E-state index in [9.17, 15) is 0 Å². The molecule has 2 atom stereocenters. The van der Waals surface area contributed by atoms with Gasteiger partial charge in [-0.15, -0.1) is 0 Å². The van der Waals surface area contributed by atoms with Crippen LogP contribution in [0.25, 0.3) is 0 Å². The number of nitrogens with two attached hydrogens (primary N) is 1. The largest absolute Gasteiger partial charge is 0.485 e. The number of rotatable bonds is 6. The van der Waals surface area contributed by atoms with Crippen LogP contribution in [0.5, 0.6) is 5.75 Å². The second-order valence-electron chi connectivity index (χ2n) is 7.04. The maximum Gasteiger partial charge on any atom is 0.223 e. The smallest absolute Gasteiger partial charge is 0.223 e. The molecular formula is C21H24N4O2. The lowest BCUT2D eigenvalue weighted by Gasteiger charge is -2.16. The predicted molar refractivity (Wildman–Crippen MR) is 102 cm³/mol. The molecule has 27 heavy (non-hydrogen) atoms. The average molecular weight is 364 g/mol. The van der Waals surface area contributed by atoms with Crippen molar-refractivity contribution in [3.8, 4) is 5.75 Å². The maximum atomic E-state index is 6.39. The van der Waals surface area contributed by atoms with E-state index in [2.05, 4.69) is 51.4 Å². The average Bonchev–Trinajstić information content (AvgIpc) is 3.27. The molecule has 4 rings (SSSR count). The van der Waals surface area contributed by atoms with Gasteiger partial charge >= 0.3 is 0 Å². The Morgan fingerprint density at radius 2 is 1.89 bits per heavy atom. The first-order valence-corrected chi connectivity index (χ1v) is 9.21. The first kappa shape index (κ1) is 17.7. The van der Waals surface area contributed by atoms with Crippen molar-refractivity contribution in [3.63, 3.8) is 0 Å². The number of likely N-dealkylation sites (tertiary alicyclic amines) is 1. The molecular weight excluding hydrogens is 340 g/mol. The standard InChI is InChI=1S/C21H24N4O2/c1-15-23-21(24-27-15)14-26-18-9-7-16(8-10-18)11-25-12-19(20(22)13-25)17-5-3-2-4-6-17/h2-10,19-20H,11-14,22H2,1H3/t19-,20+/m0/s1. The van der Waals surface area contributed by atoms with Crippen molar-refractivity contribution in [1.82, 2.24) is 15.0 Å². The third-order valence-corrected chi connectivity index (χ3v) is 4.94. The summed E-state index contributed by atoms with van der Waals surface area (Å²) in [6, 6.07) is 18.9. The molecule has 1 saturated heterocycles. The molecule has 2 N–H and O–H groups in total. The summed E-state index contributed by atoms with van der Waals surface area (Å²) in [7, 11) is 0. The number of aryl methyl sites for hydroxylation is 1. The van der Waals surface area contributed by atoms with Gasteiger partial charge in [-0.3, -0.25) is 4.90 Å². The molecule has 0 amide bonds. The molecule has 6 nitrogen and oxygen atoms in total. The minimum absolute atomic E-state index is 0.174. The molecule has 140 valence electrons. The Kier molecular flexibility index (Phi) is 5.18. The van der Waals surface area contributed by atoms with Crippen molar-refractivity contribution in [1.29, 1.82) is 0 Å². The van der Waals surface area contributed by atoms with E-state index in [4.69, 9.17) is 15.0 Å². The normalized spacial score (nSPS) is 20.1. The van der Waals surface area contributed by atoms with Crippen molar-refractivity contribution in [3.05, 3.63) is 77.4 Å². The second kappa shape index (κ2) is 7.90. The van der Waals surface area contributed by atoms with E-state index in [1.165, 1.54) is 11.1 Å². The summed E-state index contributed by atoms with van der Waals surface area (Å²) in [5.74, 6) is 2.28. The molecule has 1 fully saturated rings. The van der Waals surface area contributed by atoms with E-state index in [1.54, 1.807) is 6.92 Å². The van der Waals surface area contributed by atoms with Crippen molar-refractivity contribution in [2.45, 2.75) is 32.0 Å². The third-order valence-electron chi connectivity index (χ3n) is 4.94. The van der Waals surface area contributed by atoms with Gasteiger partial charge in [0.15, 0.2) is 6.61 Å². The molecule has 1 aliphatic rings. The Bertz CT molecular complexity index is 863. The van der Waals surface area contributed by atoms with E-state index in [1.807, 2.05) is 18.2 Å². The van der Waals surface area contributed by atoms with Crippen LogP contribution in [-0.2, 0) is 13.2 Å². The molecule has 0 bridgehead atoms. The molecule has 3 aromatic rings. The van der Waals surface area contributed by atoms with Gasteiger partial charge in [0.25, 0.3) is 0 Å². The fourth-order valence-corrected chi connectivity index (χ4v) is 3.59. The minimum atomic E-state index is 0.174. The van der Waals surface area contributed by atoms with Gasteiger partial charge in [-0.1, -0.05) is 47.6 Å². The number of aromatic nitrogens is 2. The van der Waals surface area contributed by atoms with Gasteiger partial charge in [-0.25, -0.2) is 0 Å². The summed E-state index contributed by atoms with van der Waals surface area (Å²) in [5, 5.41) is 3.83. The Morgan fingerprint density at radius 3 is 2.59 bits per heavy atom. The quantitative estimate of drug-likeness (QED) is 0.725. The number of hydrogen-bond acceptors (Lipinski definition) is 6. The van der Waals surface area contributed by atoms with E-state index in [0.717, 1.165) is 25.4 Å². The van der Waals surface area contributed by atoms with Crippen LogP contribution in [-0.4, -0.2) is 34.2 Å². The van der Waals surface area contributed by atoms with Crippen molar-refractivity contribution < 1.29 is 9.26 Å². The topological polar surface area (TPSA) is 77.4 Å². The van der Waals surface area contributed by atoms with Gasteiger partial charge in [0.05, 0.1) is 0 Å². The van der Waals surface area contributed by atoms with Crippen molar-refractivity contribution >= 4 is 0 Å². The summed E-state index contributed by atoms with van der Waals surface area (Å²) in [5.41, 5.74) is 8.97. The highest BCUT2D eigenvalue weighted by molar-refractivity contribution is 5.28. The van der Waals surface area contributed by atoms with Crippen LogP contribution in [0.3, 0.4) is 0 Å². The predicted octanol–water partition coefficient (Wildman–Crippen LogP) is 2.88. The molecule has 2 aromatic carbocycles. The van der Waals surface area contributed by atoms with Crippen LogP contribution >= 0.6 is 0 Å². The van der Waals surface area contributed by atoms with E-state index >= 15 is 0 Å². The molecule has 0 spiro atoms. The van der Waals surface area contributed by atoms with Gasteiger partial charge in [0, 0.05) is 38.5 Å². The highest BCUT2D eigenvalue weighted by Crippen LogP contribution is 2.27. The van der Waals surface area contributed by atoms with Crippen LogP contribution in [0.2, 0.25) is 0 Å². The van der Waals surface area contributed by atoms with Crippen LogP contribution in [0.1, 0.15) is 28.8 Å². The Hall–Kier alpha value is -2.70. The highest BCUT2D eigenvalue weighted by Gasteiger charge is 2.30. The zero-order chi connectivity index (χ0) is 18.6. The molecule has 0 unspecified atom stereocenters. The first-order valence-electron chi connectivity index (χ1n) is 9.21. The molecule has 0 aliphatic carbocycles. The number of hydrogen-bond donors (Lipinski definition) is 1. The number of nitrogens with zero attached hydrogens (tertiary/aromatic N) is 3. The molecule has 6 heteroatoms. The van der Waals surface area contributed by atoms with Crippen LogP contribution < -0.4 is 10.5 Å². The van der Waals surface area contributed by atoms with Crippen LogP contribution in [0.4, 0.5) is 0 Å². The van der Waals surface area contributed by atoms with Crippen LogP contribution in [0.15, 0.2) is 59.1 Å². The van der Waals surface area contributed by atoms with Crippen LogP contribution in [0, 0.1) is 6.92 Å². The molecule has 0 saturated carbocycles. The summed E-state index contributed by atoms with van der Waals surface area (Å²) in [6.07, 6.45) is 0. The second-order valence-corrected chi connectivity index (χ2v) is 7.04. The first-order chi connectivity index (χ1) is 13.2. The summed E-state index contributed by atoms with van der Waals surface area (Å²) < 4.78 is 10.6. The lowest BCUT2D eigenvalue weighted by molar-refractivity contribution is 0.285. The Labute approximate surface area is 158 Å². The Balaban J connectivity index is 1.32. The monoisotopic (exact) mass is 364 g/mol. The fraction of sp³-hybridized carbons (Fsp3) is 0.333. The number of benzene rings is 2. The molecule has 0 radical (unpaired) electrons.